The first-order valence-electron chi connectivity index (χ1n) is 13.2. The SMILES string of the molecule is C[C@H](C1CCC(NC(=O)c2ccc(OC(F)(F)F)cc2)CC1)[C@@H](C(=O)N1CC[C@H](F)C1)N(C(=O)O)C(C)(C)C. The summed E-state index contributed by atoms with van der Waals surface area (Å²) in [7, 11) is 0. The van der Waals surface area contributed by atoms with E-state index in [-0.39, 0.29) is 48.9 Å². The van der Waals surface area contributed by atoms with Crippen LogP contribution >= 0.6 is 0 Å². The van der Waals surface area contributed by atoms with Gasteiger partial charge in [0.1, 0.15) is 18.0 Å². The molecule has 1 aromatic carbocycles. The fourth-order valence-electron chi connectivity index (χ4n) is 5.62. The molecule has 3 amide bonds. The smallest absolute Gasteiger partial charge is 0.465 e. The van der Waals surface area contributed by atoms with Gasteiger partial charge in [0.2, 0.25) is 5.91 Å². The van der Waals surface area contributed by atoms with Gasteiger partial charge >= 0.3 is 12.5 Å². The highest BCUT2D eigenvalue weighted by atomic mass is 19.4. The minimum atomic E-state index is -4.82. The van der Waals surface area contributed by atoms with E-state index in [9.17, 15) is 37.1 Å². The van der Waals surface area contributed by atoms with Crippen molar-refractivity contribution in [2.75, 3.05) is 13.1 Å². The van der Waals surface area contributed by atoms with Crippen LogP contribution in [0.5, 0.6) is 5.75 Å². The molecule has 218 valence electrons. The third kappa shape index (κ3) is 7.98. The van der Waals surface area contributed by atoms with E-state index in [0.717, 1.165) is 12.1 Å². The Kier molecular flexibility index (Phi) is 9.38. The number of carboxylic acid groups (broad SMARTS) is 1. The molecule has 0 aromatic heterocycles. The molecular formula is C27H37F4N3O5. The largest absolute Gasteiger partial charge is 0.573 e. The number of rotatable bonds is 7. The van der Waals surface area contributed by atoms with Crippen molar-refractivity contribution < 1.29 is 41.8 Å². The number of carbonyl (C=O) groups excluding carboxylic acids is 2. The Morgan fingerprint density at radius 1 is 1.05 bits per heavy atom. The molecule has 8 nitrogen and oxygen atoms in total. The Morgan fingerprint density at radius 2 is 1.64 bits per heavy atom. The van der Waals surface area contributed by atoms with Crippen molar-refractivity contribution in [1.29, 1.82) is 0 Å². The van der Waals surface area contributed by atoms with Crippen LogP contribution in [0.3, 0.4) is 0 Å². The van der Waals surface area contributed by atoms with Gasteiger partial charge in [0, 0.05) is 23.7 Å². The summed E-state index contributed by atoms with van der Waals surface area (Å²) in [6.07, 6.45) is -4.46. The standard InChI is InChI=1S/C27H37F4N3O5/c1-16(22(34(25(37)38)26(2,3)4)24(36)33-14-13-19(28)15-33)17-5-9-20(10-6-17)32-23(35)18-7-11-21(12-8-18)39-27(29,30)31/h7-8,11-12,16-17,19-20,22H,5-6,9-10,13-15H2,1-4H3,(H,32,35)(H,37,38)/t16-,17?,19+,20?,22+/m1/s1. The zero-order chi connectivity index (χ0) is 29.1. The van der Waals surface area contributed by atoms with Crippen molar-refractivity contribution >= 4 is 17.9 Å². The number of nitrogens with zero attached hydrogens (tertiary/aromatic N) is 2. The number of ether oxygens (including phenoxy) is 1. The monoisotopic (exact) mass is 559 g/mol. The van der Waals surface area contributed by atoms with Gasteiger partial charge in [-0.3, -0.25) is 14.5 Å². The Labute approximate surface area is 225 Å². The number of benzene rings is 1. The molecule has 0 unspecified atom stereocenters. The molecule has 1 aromatic rings. The van der Waals surface area contributed by atoms with Gasteiger partial charge in [-0.25, -0.2) is 9.18 Å². The fourth-order valence-corrected chi connectivity index (χ4v) is 5.62. The first-order chi connectivity index (χ1) is 18.1. The van der Waals surface area contributed by atoms with E-state index in [2.05, 4.69) is 10.1 Å². The summed E-state index contributed by atoms with van der Waals surface area (Å²) in [5.74, 6) is -1.56. The third-order valence-corrected chi connectivity index (χ3v) is 7.60. The number of halogens is 4. The summed E-state index contributed by atoms with van der Waals surface area (Å²) in [4.78, 5) is 41.1. The van der Waals surface area contributed by atoms with Crippen molar-refractivity contribution in [3.63, 3.8) is 0 Å². The van der Waals surface area contributed by atoms with Crippen LogP contribution in [0.1, 0.15) is 70.2 Å². The predicted molar refractivity (Wildman–Crippen MR) is 135 cm³/mol. The second kappa shape index (κ2) is 12.0. The van der Waals surface area contributed by atoms with E-state index >= 15 is 0 Å². The van der Waals surface area contributed by atoms with Gasteiger partial charge in [-0.1, -0.05) is 6.92 Å². The minimum Gasteiger partial charge on any atom is -0.465 e. The van der Waals surface area contributed by atoms with Crippen LogP contribution in [0.4, 0.5) is 22.4 Å². The van der Waals surface area contributed by atoms with Crippen LogP contribution in [0.15, 0.2) is 24.3 Å². The highest BCUT2D eigenvalue weighted by Crippen LogP contribution is 2.36. The zero-order valence-electron chi connectivity index (χ0n) is 22.6. The van der Waals surface area contributed by atoms with Crippen LogP contribution < -0.4 is 10.1 Å². The van der Waals surface area contributed by atoms with Crippen molar-refractivity contribution in [1.82, 2.24) is 15.1 Å². The van der Waals surface area contributed by atoms with Crippen molar-refractivity contribution in [2.24, 2.45) is 11.8 Å². The number of amides is 3. The Morgan fingerprint density at radius 3 is 2.10 bits per heavy atom. The van der Waals surface area contributed by atoms with Crippen LogP contribution in [-0.2, 0) is 4.79 Å². The zero-order valence-corrected chi connectivity index (χ0v) is 22.6. The molecule has 2 fully saturated rings. The molecule has 1 aliphatic carbocycles. The second-order valence-corrected chi connectivity index (χ2v) is 11.5. The van der Waals surface area contributed by atoms with Gasteiger partial charge in [0.25, 0.3) is 5.91 Å². The van der Waals surface area contributed by atoms with E-state index < -0.39 is 41.9 Å². The van der Waals surface area contributed by atoms with E-state index in [4.69, 9.17) is 0 Å². The molecule has 1 heterocycles. The number of carbonyl (C=O) groups is 3. The average Bonchev–Trinajstić information content (AvgIpc) is 3.26. The van der Waals surface area contributed by atoms with Crippen LogP contribution in [-0.4, -0.2) is 76.1 Å². The van der Waals surface area contributed by atoms with Crippen molar-refractivity contribution in [3.8, 4) is 5.75 Å². The molecule has 1 saturated heterocycles. The lowest BCUT2D eigenvalue weighted by Crippen LogP contribution is -2.60. The Balaban J connectivity index is 1.65. The maximum atomic E-state index is 13.9. The molecular weight excluding hydrogens is 522 g/mol. The molecule has 3 atom stereocenters. The molecule has 2 N–H and O–H groups in total. The van der Waals surface area contributed by atoms with E-state index in [0.29, 0.717) is 25.7 Å². The first-order valence-corrected chi connectivity index (χ1v) is 13.2. The molecule has 0 bridgehead atoms. The number of alkyl halides is 4. The summed E-state index contributed by atoms with van der Waals surface area (Å²) in [6, 6.07) is 3.52. The van der Waals surface area contributed by atoms with Crippen LogP contribution in [0.2, 0.25) is 0 Å². The summed E-state index contributed by atoms with van der Waals surface area (Å²) >= 11 is 0. The molecule has 12 heteroatoms. The second-order valence-electron chi connectivity index (χ2n) is 11.5. The number of nitrogens with one attached hydrogen (secondary N) is 1. The van der Waals surface area contributed by atoms with E-state index in [1.165, 1.54) is 21.9 Å². The van der Waals surface area contributed by atoms with Gasteiger partial charge in [-0.05, 0) is 89.0 Å². The van der Waals surface area contributed by atoms with E-state index in [1.54, 1.807) is 20.8 Å². The summed E-state index contributed by atoms with van der Waals surface area (Å²) in [6.45, 7) is 7.25. The van der Waals surface area contributed by atoms with Gasteiger partial charge in [0.05, 0.1) is 6.54 Å². The lowest BCUT2D eigenvalue weighted by atomic mass is 9.74. The number of likely N-dealkylation sites (tertiary alicyclic amines) is 1. The lowest BCUT2D eigenvalue weighted by molar-refractivity contribution is -0.274. The number of hydrogen-bond donors (Lipinski definition) is 2. The first kappa shape index (κ1) is 30.5. The maximum absolute atomic E-state index is 13.9. The molecule has 3 rings (SSSR count). The van der Waals surface area contributed by atoms with Gasteiger partial charge in [-0.2, -0.15) is 0 Å². The van der Waals surface area contributed by atoms with Gasteiger partial charge in [-0.15, -0.1) is 13.2 Å². The minimum absolute atomic E-state index is 0.00104. The predicted octanol–water partition coefficient (Wildman–Crippen LogP) is 5.23. The van der Waals surface area contributed by atoms with Crippen LogP contribution in [0, 0.1) is 11.8 Å². The topological polar surface area (TPSA) is 99.2 Å². The Hall–Kier alpha value is -3.05. The van der Waals surface area contributed by atoms with Gasteiger partial charge in [0.15, 0.2) is 0 Å². The molecule has 1 aliphatic heterocycles. The number of hydrogen-bond acceptors (Lipinski definition) is 4. The van der Waals surface area contributed by atoms with Gasteiger partial charge < -0.3 is 20.1 Å². The summed E-state index contributed by atoms with van der Waals surface area (Å²) in [5, 5.41) is 13.0. The molecule has 0 spiro atoms. The van der Waals surface area contributed by atoms with Crippen molar-refractivity contribution in [3.05, 3.63) is 29.8 Å². The highest BCUT2D eigenvalue weighted by Gasteiger charge is 2.46. The fraction of sp³-hybridized carbons (Fsp3) is 0.667. The van der Waals surface area contributed by atoms with Crippen LogP contribution in [0.25, 0.3) is 0 Å². The molecule has 2 aliphatic rings. The quantitative estimate of drug-likeness (QED) is 0.446. The van der Waals surface area contributed by atoms with E-state index in [1.807, 2.05) is 6.92 Å². The maximum Gasteiger partial charge on any atom is 0.573 e. The summed E-state index contributed by atoms with van der Waals surface area (Å²) in [5.41, 5.74) is -0.661. The van der Waals surface area contributed by atoms with Crippen molar-refractivity contribution in [2.45, 2.75) is 90.0 Å². The third-order valence-electron chi connectivity index (χ3n) is 7.60. The molecule has 0 radical (unpaired) electrons. The molecule has 39 heavy (non-hydrogen) atoms. The lowest BCUT2D eigenvalue weighted by Gasteiger charge is -2.45. The molecule has 1 saturated carbocycles. The normalized spacial score (nSPS) is 23.6. The average molecular weight is 560 g/mol. The highest BCUT2D eigenvalue weighted by molar-refractivity contribution is 5.94. The summed E-state index contributed by atoms with van der Waals surface area (Å²) < 4.78 is 54.8. The Bertz CT molecular complexity index is 1020.